The van der Waals surface area contributed by atoms with E-state index in [0.717, 1.165) is 67.2 Å². The second kappa shape index (κ2) is 9.45. The highest BCUT2D eigenvalue weighted by molar-refractivity contribution is 5.85. The summed E-state index contributed by atoms with van der Waals surface area (Å²) in [7, 11) is 1.63. The summed E-state index contributed by atoms with van der Waals surface area (Å²) in [6.07, 6.45) is 9.09. The number of nitrogens with one attached hydrogen (secondary N) is 1. The van der Waals surface area contributed by atoms with Crippen molar-refractivity contribution in [3.63, 3.8) is 0 Å². The number of ketones is 1. The highest BCUT2D eigenvalue weighted by Crippen LogP contribution is 2.37. The number of hydrogen-bond donors (Lipinski definition) is 1. The number of rotatable bonds is 5. The lowest BCUT2D eigenvalue weighted by Crippen LogP contribution is -2.45. The quantitative estimate of drug-likeness (QED) is 0.437. The summed E-state index contributed by atoms with van der Waals surface area (Å²) in [5, 5.41) is 4.32. The van der Waals surface area contributed by atoms with Crippen LogP contribution in [0.4, 0.5) is 0 Å². The Morgan fingerprint density at radius 2 is 1.86 bits per heavy atom. The topological polar surface area (TPSA) is 97.5 Å². The molecule has 0 bridgehead atoms. The molecule has 1 aliphatic carbocycles. The molecule has 4 aromatic rings. The number of pyridine rings is 1. The molecular weight excluding hydrogens is 468 g/mol. The summed E-state index contributed by atoms with van der Waals surface area (Å²) in [4.78, 5) is 35.0. The summed E-state index contributed by atoms with van der Waals surface area (Å²) in [5.74, 6) is 1.27. The van der Waals surface area contributed by atoms with E-state index in [2.05, 4.69) is 45.9 Å². The summed E-state index contributed by atoms with van der Waals surface area (Å²) in [6.45, 7) is 5.96. The van der Waals surface area contributed by atoms with E-state index < -0.39 is 0 Å². The number of likely N-dealkylation sites (tertiary alicyclic amines) is 1. The molecule has 1 saturated carbocycles. The first-order valence-corrected chi connectivity index (χ1v) is 13.3. The van der Waals surface area contributed by atoms with Crippen LogP contribution in [0.1, 0.15) is 69.9 Å². The minimum Gasteiger partial charge on any atom is -0.493 e. The van der Waals surface area contributed by atoms with Crippen molar-refractivity contribution in [1.82, 2.24) is 29.0 Å². The van der Waals surface area contributed by atoms with Gasteiger partial charge in [-0.3, -0.25) is 14.3 Å². The Hall–Kier alpha value is -3.46. The van der Waals surface area contributed by atoms with Crippen molar-refractivity contribution in [3.8, 4) is 16.9 Å². The van der Waals surface area contributed by atoms with E-state index in [0.29, 0.717) is 29.8 Å². The van der Waals surface area contributed by atoms with E-state index in [4.69, 9.17) is 4.74 Å². The SMILES string of the molecule is COc1cc(-c2cc3[nH]c(=O)n(C4CCC(N5CCCC(=O)C5)CC4)c3cc2C(C)C)cn2ncnc12. The monoisotopic (exact) mass is 502 g/mol. The average molecular weight is 503 g/mol. The van der Waals surface area contributed by atoms with Crippen molar-refractivity contribution >= 4 is 22.5 Å². The third-order valence-electron chi connectivity index (χ3n) is 8.21. The molecule has 1 N–H and O–H groups in total. The molecule has 2 fully saturated rings. The van der Waals surface area contributed by atoms with Crippen LogP contribution in [0.25, 0.3) is 27.8 Å². The van der Waals surface area contributed by atoms with Crippen LogP contribution in [0.15, 0.2) is 35.5 Å². The van der Waals surface area contributed by atoms with Crippen LogP contribution in [0, 0.1) is 0 Å². The van der Waals surface area contributed by atoms with Crippen molar-refractivity contribution in [2.45, 2.75) is 70.4 Å². The van der Waals surface area contributed by atoms with Crippen LogP contribution < -0.4 is 10.4 Å². The number of fused-ring (bicyclic) bond motifs is 2. The number of H-pyrrole nitrogens is 1. The fraction of sp³-hybridized carbons (Fsp3) is 0.500. The van der Waals surface area contributed by atoms with Gasteiger partial charge >= 0.3 is 5.69 Å². The lowest BCUT2D eigenvalue weighted by Gasteiger charge is -2.38. The fourth-order valence-electron chi connectivity index (χ4n) is 6.33. The number of benzene rings is 1. The summed E-state index contributed by atoms with van der Waals surface area (Å²) >= 11 is 0. The molecular formula is C28H34N6O3. The number of carbonyl (C=O) groups excluding carboxylic acids is 1. The van der Waals surface area contributed by atoms with Crippen LogP contribution >= 0.6 is 0 Å². The molecule has 3 aromatic heterocycles. The van der Waals surface area contributed by atoms with Crippen LogP contribution in [0.5, 0.6) is 5.75 Å². The zero-order valence-corrected chi connectivity index (χ0v) is 21.7. The minimum absolute atomic E-state index is 0.0530. The second-order valence-electron chi connectivity index (χ2n) is 10.8. The second-order valence-corrected chi connectivity index (χ2v) is 10.8. The number of ether oxygens (including phenoxy) is 1. The molecule has 9 nitrogen and oxygen atoms in total. The van der Waals surface area contributed by atoms with Gasteiger partial charge in [-0.25, -0.2) is 14.3 Å². The minimum atomic E-state index is -0.0530. The van der Waals surface area contributed by atoms with Crippen LogP contribution in [0.2, 0.25) is 0 Å². The van der Waals surface area contributed by atoms with Crippen molar-refractivity contribution in [1.29, 1.82) is 0 Å². The molecule has 0 unspecified atom stereocenters. The lowest BCUT2D eigenvalue weighted by molar-refractivity contribution is -0.123. The first-order valence-electron chi connectivity index (χ1n) is 13.3. The zero-order valence-electron chi connectivity index (χ0n) is 21.7. The number of aromatic nitrogens is 5. The van der Waals surface area contributed by atoms with E-state index >= 15 is 0 Å². The Morgan fingerprint density at radius 3 is 2.59 bits per heavy atom. The summed E-state index contributed by atoms with van der Waals surface area (Å²) < 4.78 is 9.29. The normalized spacial score (nSPS) is 21.4. The Balaban J connectivity index is 1.35. The summed E-state index contributed by atoms with van der Waals surface area (Å²) in [5.41, 5.74) is 5.59. The molecule has 2 aliphatic rings. The number of hydrogen-bond acceptors (Lipinski definition) is 6. The predicted molar refractivity (Wildman–Crippen MR) is 142 cm³/mol. The Kier molecular flexibility index (Phi) is 6.10. The standard InChI is InChI=1S/C28H34N6O3/c1-17(2)22-13-25-24(12-23(22)18-11-26(37-3)27-29-16-30-33(27)14-18)31-28(36)34(25)20-8-6-19(7-9-20)32-10-4-5-21(35)15-32/h11-14,16-17,19-20H,4-10,15H2,1-3H3,(H,31,36). The van der Waals surface area contributed by atoms with Gasteiger partial charge in [0.05, 0.1) is 24.7 Å². The molecule has 37 heavy (non-hydrogen) atoms. The van der Waals surface area contributed by atoms with Gasteiger partial charge in [-0.1, -0.05) is 13.8 Å². The van der Waals surface area contributed by atoms with Gasteiger partial charge in [-0.05, 0) is 73.9 Å². The number of nitrogens with zero attached hydrogens (tertiary/aromatic N) is 5. The smallest absolute Gasteiger partial charge is 0.326 e. The third kappa shape index (κ3) is 4.25. The first-order chi connectivity index (χ1) is 17.9. The molecule has 4 heterocycles. The van der Waals surface area contributed by atoms with Crippen LogP contribution in [-0.4, -0.2) is 61.1 Å². The van der Waals surface area contributed by atoms with E-state index in [-0.39, 0.29) is 17.6 Å². The predicted octanol–water partition coefficient (Wildman–Crippen LogP) is 4.32. The number of aromatic amines is 1. The molecule has 9 heteroatoms. The van der Waals surface area contributed by atoms with E-state index in [1.807, 2.05) is 16.8 Å². The van der Waals surface area contributed by atoms with Gasteiger partial charge < -0.3 is 9.72 Å². The lowest BCUT2D eigenvalue weighted by atomic mass is 9.88. The molecule has 0 spiro atoms. The van der Waals surface area contributed by atoms with Crippen molar-refractivity contribution in [2.75, 3.05) is 20.2 Å². The highest BCUT2D eigenvalue weighted by atomic mass is 16.5. The maximum absolute atomic E-state index is 13.2. The first kappa shape index (κ1) is 23.9. The summed E-state index contributed by atoms with van der Waals surface area (Å²) in [6, 6.07) is 6.86. The fourth-order valence-corrected chi connectivity index (χ4v) is 6.33. The Labute approximate surface area is 215 Å². The van der Waals surface area contributed by atoms with Gasteiger partial charge in [0.25, 0.3) is 0 Å². The maximum Gasteiger partial charge on any atom is 0.326 e. The number of imidazole rings is 1. The van der Waals surface area contributed by atoms with Crippen molar-refractivity contribution in [3.05, 3.63) is 46.8 Å². The zero-order chi connectivity index (χ0) is 25.7. The maximum atomic E-state index is 13.2. The number of piperidine rings is 1. The highest BCUT2D eigenvalue weighted by Gasteiger charge is 2.31. The molecule has 194 valence electrons. The van der Waals surface area contributed by atoms with Gasteiger partial charge in [0.15, 0.2) is 11.4 Å². The largest absolute Gasteiger partial charge is 0.493 e. The van der Waals surface area contributed by atoms with Crippen LogP contribution in [-0.2, 0) is 4.79 Å². The van der Waals surface area contributed by atoms with E-state index in [9.17, 15) is 9.59 Å². The third-order valence-corrected chi connectivity index (χ3v) is 8.21. The number of methoxy groups -OCH3 is 1. The van der Waals surface area contributed by atoms with E-state index in [1.54, 1.807) is 11.6 Å². The average Bonchev–Trinajstić information content (AvgIpc) is 3.50. The van der Waals surface area contributed by atoms with Crippen molar-refractivity contribution < 1.29 is 9.53 Å². The van der Waals surface area contributed by atoms with Gasteiger partial charge in [-0.2, -0.15) is 5.10 Å². The molecule has 1 aliphatic heterocycles. The number of Topliss-reactive ketones (excluding diaryl/α,β-unsaturated/α-hetero) is 1. The van der Waals surface area contributed by atoms with Crippen LogP contribution in [0.3, 0.4) is 0 Å². The molecule has 0 radical (unpaired) electrons. The van der Waals surface area contributed by atoms with Gasteiger partial charge in [0, 0.05) is 30.3 Å². The van der Waals surface area contributed by atoms with E-state index in [1.165, 1.54) is 11.9 Å². The molecule has 0 amide bonds. The molecule has 1 saturated heterocycles. The molecule has 0 atom stereocenters. The molecule has 6 rings (SSSR count). The molecule has 1 aromatic carbocycles. The van der Waals surface area contributed by atoms with Crippen molar-refractivity contribution in [2.24, 2.45) is 0 Å². The van der Waals surface area contributed by atoms with Gasteiger partial charge in [-0.15, -0.1) is 0 Å². The van der Waals surface area contributed by atoms with Gasteiger partial charge in [0.2, 0.25) is 0 Å². The Bertz CT molecular complexity index is 1520. The Morgan fingerprint density at radius 1 is 1.08 bits per heavy atom. The number of carbonyl (C=O) groups is 1. The van der Waals surface area contributed by atoms with Gasteiger partial charge in [0.1, 0.15) is 12.1 Å².